The maximum absolute atomic E-state index is 1.58. The lowest BCUT2D eigenvalue weighted by molar-refractivity contribution is 0.735. The average Bonchev–Trinajstić information content (AvgIpc) is 2.17. The zero-order valence-electron chi connectivity index (χ0n) is 3.98. The van der Waals surface area contributed by atoms with E-state index >= 15 is 0 Å². The molecule has 0 nitrogen and oxygen atoms in total. The molecular weight excluding hydrogens is 72.1 g/mol. The summed E-state index contributed by atoms with van der Waals surface area (Å²) in [6.07, 6.45) is 6.24. The first-order valence-electron chi connectivity index (χ1n) is 2.97. The Kier molecular flexibility index (Phi) is 0.408. The van der Waals surface area contributed by atoms with Gasteiger partial charge in [-0.15, -0.1) is 0 Å². The third-order valence-corrected chi connectivity index (χ3v) is 2.22. The second kappa shape index (κ2) is 0.800. The first-order valence-corrected chi connectivity index (χ1v) is 2.97. The van der Waals surface area contributed by atoms with Crippen LogP contribution in [0.4, 0.5) is 0 Å². The standard InChI is InChI=1S/C6H10/c1-2-5-4-6(5)3-1/h5-6H,1-4H2/t5-,6-/m0/s1. The predicted molar refractivity (Wildman–Crippen MR) is 25.4 cm³/mol. The fraction of sp³-hybridized carbons (Fsp3) is 1.00. The highest BCUT2D eigenvalue weighted by Gasteiger charge is 2.40. The third kappa shape index (κ3) is 0.250. The Morgan fingerprint density at radius 2 is 1.67 bits per heavy atom. The molecule has 0 saturated heterocycles. The molecule has 2 saturated carbocycles. The van der Waals surface area contributed by atoms with Crippen LogP contribution < -0.4 is 0 Å². The van der Waals surface area contributed by atoms with Gasteiger partial charge >= 0.3 is 0 Å². The molecule has 0 heterocycles. The Balaban J connectivity index is 2.09. The van der Waals surface area contributed by atoms with Crippen molar-refractivity contribution in [3.8, 4) is 0 Å². The predicted octanol–water partition coefficient (Wildman–Crippen LogP) is 1.81. The van der Waals surface area contributed by atoms with Crippen LogP contribution in [0, 0.1) is 11.8 Å². The second-order valence-corrected chi connectivity index (χ2v) is 2.69. The molecule has 2 rings (SSSR count). The van der Waals surface area contributed by atoms with Crippen molar-refractivity contribution in [2.24, 2.45) is 11.8 Å². The van der Waals surface area contributed by atoms with E-state index in [-0.39, 0.29) is 0 Å². The molecule has 6 heavy (non-hydrogen) atoms. The van der Waals surface area contributed by atoms with Gasteiger partial charge in [0.15, 0.2) is 0 Å². The molecule has 0 N–H and O–H groups in total. The van der Waals surface area contributed by atoms with E-state index in [0.29, 0.717) is 0 Å². The van der Waals surface area contributed by atoms with Gasteiger partial charge in [0.25, 0.3) is 0 Å². The van der Waals surface area contributed by atoms with Crippen molar-refractivity contribution < 1.29 is 0 Å². The smallest absolute Gasteiger partial charge is 0.0383 e. The Hall–Kier alpha value is 0. The monoisotopic (exact) mass is 82.1 g/mol. The molecule has 2 fully saturated rings. The van der Waals surface area contributed by atoms with Gasteiger partial charge in [-0.2, -0.15) is 0 Å². The van der Waals surface area contributed by atoms with Gasteiger partial charge < -0.3 is 0 Å². The van der Waals surface area contributed by atoms with Crippen molar-refractivity contribution in [1.82, 2.24) is 0 Å². The van der Waals surface area contributed by atoms with Crippen LogP contribution in [0.5, 0.6) is 0 Å². The van der Waals surface area contributed by atoms with Gasteiger partial charge in [-0.25, -0.2) is 0 Å². The molecule has 2 aliphatic rings. The van der Waals surface area contributed by atoms with E-state index in [4.69, 9.17) is 0 Å². The maximum atomic E-state index is 1.58. The minimum atomic E-state index is 1.21. The number of hydrogen-bond donors (Lipinski definition) is 0. The van der Waals surface area contributed by atoms with Gasteiger partial charge in [-0.1, -0.05) is 19.3 Å². The van der Waals surface area contributed by atoms with Crippen LogP contribution in [-0.2, 0) is 0 Å². The number of hydrogen-bond acceptors (Lipinski definition) is 0. The molecule has 0 aromatic carbocycles. The first-order chi connectivity index (χ1) is 2.97. The van der Waals surface area contributed by atoms with Crippen LogP contribution >= 0.6 is 0 Å². The van der Waals surface area contributed by atoms with Crippen LogP contribution in [0.15, 0.2) is 0 Å². The molecule has 0 unspecified atom stereocenters. The highest BCUT2D eigenvalue weighted by molar-refractivity contribution is 4.91. The molecule has 0 aromatic rings. The van der Waals surface area contributed by atoms with Gasteiger partial charge in [-0.3, -0.25) is 0 Å². The summed E-state index contributed by atoms with van der Waals surface area (Å²) >= 11 is 0. The molecule has 0 heteroatoms. The molecule has 0 aromatic heterocycles. The minimum absolute atomic E-state index is 1.21. The summed E-state index contributed by atoms with van der Waals surface area (Å²) in [7, 11) is 0. The molecule has 0 aliphatic heterocycles. The van der Waals surface area contributed by atoms with Gasteiger partial charge in [0.1, 0.15) is 0 Å². The van der Waals surface area contributed by atoms with Gasteiger partial charge in [-0.05, 0) is 18.3 Å². The molecule has 0 spiro atoms. The highest BCUT2D eigenvalue weighted by atomic mass is 14.5. The molecule has 0 radical (unpaired) electrons. The SMILES string of the molecule is C1C[C@H]2C[C@@H]2C1. The largest absolute Gasteiger partial charge is 0.0528 e. The van der Waals surface area contributed by atoms with Crippen LogP contribution in [0.1, 0.15) is 25.7 Å². The zero-order chi connectivity index (χ0) is 3.98. The van der Waals surface area contributed by atoms with Crippen molar-refractivity contribution in [2.45, 2.75) is 25.7 Å². The summed E-state index contributed by atoms with van der Waals surface area (Å²) < 4.78 is 0. The van der Waals surface area contributed by atoms with Crippen molar-refractivity contribution in [3.05, 3.63) is 0 Å². The van der Waals surface area contributed by atoms with Gasteiger partial charge in [0, 0.05) is 0 Å². The topological polar surface area (TPSA) is 0 Å². The highest BCUT2D eigenvalue weighted by Crippen LogP contribution is 2.51. The quantitative estimate of drug-likeness (QED) is 0.418. The number of rotatable bonds is 0. The summed E-state index contributed by atoms with van der Waals surface area (Å²) in [4.78, 5) is 0. The van der Waals surface area contributed by atoms with Gasteiger partial charge in [0.05, 0.1) is 0 Å². The Morgan fingerprint density at radius 1 is 1.00 bits per heavy atom. The summed E-state index contributed by atoms with van der Waals surface area (Å²) in [5.41, 5.74) is 0. The van der Waals surface area contributed by atoms with Crippen molar-refractivity contribution >= 4 is 0 Å². The van der Waals surface area contributed by atoms with Crippen molar-refractivity contribution in [1.29, 1.82) is 0 Å². The normalized spacial score (nSPS) is 52.0. The molecular formula is C6H10. The van der Waals surface area contributed by atoms with E-state index in [1.165, 1.54) is 18.3 Å². The first kappa shape index (κ1) is 3.06. The molecule has 34 valence electrons. The lowest BCUT2D eigenvalue weighted by Gasteiger charge is -1.80. The molecule has 2 atom stereocenters. The van der Waals surface area contributed by atoms with Crippen LogP contribution in [0.2, 0.25) is 0 Å². The van der Waals surface area contributed by atoms with Gasteiger partial charge in [0.2, 0.25) is 0 Å². The van der Waals surface area contributed by atoms with Crippen LogP contribution in [-0.4, -0.2) is 0 Å². The summed E-state index contributed by atoms with van der Waals surface area (Å²) in [5, 5.41) is 0. The maximum Gasteiger partial charge on any atom is -0.0383 e. The van der Waals surface area contributed by atoms with E-state index in [0.717, 1.165) is 0 Å². The molecule has 0 bridgehead atoms. The minimum Gasteiger partial charge on any atom is -0.0528 e. The Morgan fingerprint density at radius 3 is 1.83 bits per heavy atom. The van der Waals surface area contributed by atoms with Crippen molar-refractivity contribution in [3.63, 3.8) is 0 Å². The second-order valence-electron chi connectivity index (χ2n) is 2.69. The lowest BCUT2D eigenvalue weighted by atomic mass is 10.3. The molecule has 0 amide bonds. The zero-order valence-corrected chi connectivity index (χ0v) is 3.98. The third-order valence-electron chi connectivity index (χ3n) is 2.22. The number of fused-ring (bicyclic) bond motifs is 1. The van der Waals surface area contributed by atoms with E-state index < -0.39 is 0 Å². The Labute approximate surface area is 38.6 Å². The van der Waals surface area contributed by atoms with E-state index in [1.807, 2.05) is 0 Å². The average molecular weight is 82.1 g/mol. The van der Waals surface area contributed by atoms with E-state index in [9.17, 15) is 0 Å². The summed E-state index contributed by atoms with van der Waals surface area (Å²) in [5.74, 6) is 2.43. The molecule has 2 aliphatic carbocycles. The van der Waals surface area contributed by atoms with E-state index in [2.05, 4.69) is 0 Å². The van der Waals surface area contributed by atoms with Crippen LogP contribution in [0.25, 0.3) is 0 Å². The summed E-state index contributed by atoms with van der Waals surface area (Å²) in [6, 6.07) is 0. The fourth-order valence-electron chi connectivity index (χ4n) is 1.66. The fourth-order valence-corrected chi connectivity index (χ4v) is 1.66. The van der Waals surface area contributed by atoms with E-state index in [1.54, 1.807) is 19.3 Å². The van der Waals surface area contributed by atoms with Crippen molar-refractivity contribution in [2.75, 3.05) is 0 Å². The Bertz CT molecular complexity index is 58.4. The van der Waals surface area contributed by atoms with Crippen LogP contribution in [0.3, 0.4) is 0 Å². The summed E-state index contributed by atoms with van der Waals surface area (Å²) in [6.45, 7) is 0. The lowest BCUT2D eigenvalue weighted by Crippen LogP contribution is -1.64.